The van der Waals surface area contributed by atoms with Crippen molar-refractivity contribution >= 4 is 24.5 Å². The van der Waals surface area contributed by atoms with E-state index in [1.54, 1.807) is 0 Å². The molecule has 8 heteroatoms. The highest BCUT2D eigenvalue weighted by atomic mass is 32.2. The summed E-state index contributed by atoms with van der Waals surface area (Å²) in [6.07, 6.45) is 1.94. The molecule has 0 aromatic heterocycles. The first-order valence-corrected chi connectivity index (χ1v) is 14.4. The van der Waals surface area contributed by atoms with Crippen LogP contribution in [0.1, 0.15) is 49.9 Å². The summed E-state index contributed by atoms with van der Waals surface area (Å²) in [5.41, 5.74) is -0.223. The second kappa shape index (κ2) is 7.60. The van der Waals surface area contributed by atoms with Crippen LogP contribution in [0.5, 0.6) is 0 Å². The van der Waals surface area contributed by atoms with E-state index in [1.807, 2.05) is 43.3 Å². The fraction of sp³-hybridized carbons (Fsp3) is 0.391. The number of alkyl halides is 3. The van der Waals surface area contributed by atoms with Crippen molar-refractivity contribution in [1.82, 2.24) is 0 Å². The van der Waals surface area contributed by atoms with Crippen LogP contribution in [0.3, 0.4) is 0 Å². The van der Waals surface area contributed by atoms with Crippen LogP contribution in [0.2, 0.25) is 13.1 Å². The maximum absolute atomic E-state index is 12.9. The summed E-state index contributed by atoms with van der Waals surface area (Å²) < 4.78 is 67.1. The number of halogens is 3. The van der Waals surface area contributed by atoms with Gasteiger partial charge in [-0.05, 0) is 53.3 Å². The van der Waals surface area contributed by atoms with Gasteiger partial charge in [0.25, 0.3) is 0 Å². The summed E-state index contributed by atoms with van der Waals surface area (Å²) in [6.45, 7) is 11.3. The van der Waals surface area contributed by atoms with Gasteiger partial charge in [0.1, 0.15) is 0 Å². The Morgan fingerprint density at radius 3 is 2.06 bits per heavy atom. The lowest BCUT2D eigenvalue weighted by molar-refractivity contribution is -0.0504. The molecule has 0 radical (unpaired) electrons. The summed E-state index contributed by atoms with van der Waals surface area (Å²) in [4.78, 5) is 0. The van der Waals surface area contributed by atoms with Gasteiger partial charge in [-0.25, -0.2) is 0 Å². The largest absolute Gasteiger partial charge is 0.522 e. The van der Waals surface area contributed by atoms with E-state index in [-0.39, 0.29) is 5.41 Å². The molecule has 3 rings (SSSR count). The molecule has 168 valence electrons. The molecule has 0 saturated heterocycles. The molecule has 1 aliphatic rings. The van der Waals surface area contributed by atoms with Crippen LogP contribution in [0.25, 0.3) is 17.2 Å². The lowest BCUT2D eigenvalue weighted by atomic mass is 9.86. The topological polar surface area (TPSA) is 43.4 Å². The summed E-state index contributed by atoms with van der Waals surface area (Å²) in [5.74, 6) is 0. The molecule has 0 amide bonds. The van der Waals surface area contributed by atoms with E-state index in [2.05, 4.69) is 32.9 Å². The van der Waals surface area contributed by atoms with Gasteiger partial charge in [-0.15, -0.1) is 0 Å². The van der Waals surface area contributed by atoms with E-state index in [0.717, 1.165) is 27.8 Å². The molecule has 0 heterocycles. The Balaban J connectivity index is 2.03. The van der Waals surface area contributed by atoms with Gasteiger partial charge in [-0.2, -0.15) is 21.6 Å². The molecule has 1 aliphatic carbocycles. The zero-order valence-electron chi connectivity index (χ0n) is 18.5. The number of hydrogen-bond donors (Lipinski definition) is 0. The maximum atomic E-state index is 12.9. The average Bonchev–Trinajstić information content (AvgIpc) is 2.95. The van der Waals surface area contributed by atoms with Crippen LogP contribution in [-0.4, -0.2) is 22.2 Å². The highest BCUT2D eigenvalue weighted by Gasteiger charge is 2.53. The Morgan fingerprint density at radius 1 is 0.968 bits per heavy atom. The fourth-order valence-electron chi connectivity index (χ4n) is 4.25. The van der Waals surface area contributed by atoms with E-state index in [0.29, 0.717) is 0 Å². The standard InChI is InChI=1S/C23H27F3O3SSi/c1-15-14-20-18(16-10-12-17(13-11-16)22(2,3)4)8-7-9-19(20)21(15)31(5,6)29-30(27,28)23(24,25)26/h7-14,21H,1-6H3. The third kappa shape index (κ3) is 4.52. The summed E-state index contributed by atoms with van der Waals surface area (Å²) >= 11 is 0. The van der Waals surface area contributed by atoms with Crippen LogP contribution in [0.15, 0.2) is 48.0 Å². The van der Waals surface area contributed by atoms with Crippen molar-refractivity contribution in [1.29, 1.82) is 0 Å². The van der Waals surface area contributed by atoms with Crippen molar-refractivity contribution in [2.24, 2.45) is 0 Å². The number of fused-ring (bicyclic) bond motifs is 1. The minimum atomic E-state index is -5.67. The minimum Gasteiger partial charge on any atom is -0.307 e. The first-order valence-electron chi connectivity index (χ1n) is 9.98. The predicted molar refractivity (Wildman–Crippen MR) is 121 cm³/mol. The van der Waals surface area contributed by atoms with Crippen molar-refractivity contribution in [3.8, 4) is 11.1 Å². The Morgan fingerprint density at radius 2 is 1.55 bits per heavy atom. The molecule has 1 atom stereocenters. The number of rotatable bonds is 4. The van der Waals surface area contributed by atoms with E-state index in [4.69, 9.17) is 3.87 Å². The fourth-order valence-corrected chi connectivity index (χ4v) is 9.46. The lowest BCUT2D eigenvalue weighted by Gasteiger charge is -2.31. The first kappa shape index (κ1) is 23.8. The van der Waals surface area contributed by atoms with E-state index < -0.39 is 29.5 Å². The Hall–Kier alpha value is -1.90. The van der Waals surface area contributed by atoms with Crippen molar-refractivity contribution in [3.05, 3.63) is 64.7 Å². The van der Waals surface area contributed by atoms with Crippen molar-refractivity contribution in [2.45, 2.75) is 57.3 Å². The zero-order valence-corrected chi connectivity index (χ0v) is 20.3. The monoisotopic (exact) mass is 468 g/mol. The van der Waals surface area contributed by atoms with Gasteiger partial charge in [-0.3, -0.25) is 0 Å². The number of benzene rings is 2. The quantitative estimate of drug-likeness (QED) is 0.368. The first-order chi connectivity index (χ1) is 14.0. The van der Waals surface area contributed by atoms with Gasteiger partial charge in [0, 0.05) is 5.54 Å². The van der Waals surface area contributed by atoms with E-state index in [1.165, 1.54) is 18.7 Å². The molecule has 0 N–H and O–H groups in total. The van der Waals surface area contributed by atoms with Gasteiger partial charge in [0.05, 0.1) is 0 Å². The van der Waals surface area contributed by atoms with Crippen LogP contribution < -0.4 is 0 Å². The highest BCUT2D eigenvalue weighted by Crippen LogP contribution is 2.47. The second-order valence-electron chi connectivity index (χ2n) is 9.54. The average molecular weight is 469 g/mol. The lowest BCUT2D eigenvalue weighted by Crippen LogP contribution is -2.44. The molecule has 2 aromatic carbocycles. The molecule has 0 spiro atoms. The Bertz CT molecular complexity index is 1130. The SMILES string of the molecule is CC1=Cc2c(-c3ccc(C(C)(C)C)cc3)cccc2C1[Si](C)(C)OS(=O)(=O)C(F)(F)F. The molecule has 0 saturated carbocycles. The Kier molecular flexibility index (Phi) is 5.82. The van der Waals surface area contributed by atoms with Crippen LogP contribution in [-0.2, 0) is 19.4 Å². The van der Waals surface area contributed by atoms with E-state index in [9.17, 15) is 21.6 Å². The molecular formula is C23H27F3O3SSi. The smallest absolute Gasteiger partial charge is 0.307 e. The second-order valence-corrected chi connectivity index (χ2v) is 15.4. The minimum absolute atomic E-state index is 0.0235. The van der Waals surface area contributed by atoms with Crippen LogP contribution in [0.4, 0.5) is 13.2 Å². The van der Waals surface area contributed by atoms with Gasteiger partial charge in [0.15, 0.2) is 0 Å². The van der Waals surface area contributed by atoms with Gasteiger partial charge in [0.2, 0.25) is 8.32 Å². The number of hydrogen-bond acceptors (Lipinski definition) is 3. The molecule has 1 unspecified atom stereocenters. The van der Waals surface area contributed by atoms with Gasteiger partial charge < -0.3 is 3.87 Å². The third-order valence-corrected chi connectivity index (χ3v) is 11.0. The van der Waals surface area contributed by atoms with Crippen molar-refractivity contribution in [3.63, 3.8) is 0 Å². The van der Waals surface area contributed by atoms with Crippen molar-refractivity contribution < 1.29 is 25.5 Å². The van der Waals surface area contributed by atoms with Crippen LogP contribution >= 0.6 is 0 Å². The van der Waals surface area contributed by atoms with Crippen LogP contribution in [0, 0.1) is 0 Å². The zero-order chi connectivity index (χ0) is 23.4. The molecule has 0 bridgehead atoms. The number of allylic oxidation sites excluding steroid dienone is 1. The van der Waals surface area contributed by atoms with E-state index >= 15 is 0 Å². The van der Waals surface area contributed by atoms with Crippen molar-refractivity contribution in [2.75, 3.05) is 0 Å². The molecule has 0 aliphatic heterocycles. The summed E-state index contributed by atoms with van der Waals surface area (Å²) in [5, 5.41) is 0. The van der Waals surface area contributed by atoms with Gasteiger partial charge >= 0.3 is 15.6 Å². The maximum Gasteiger partial charge on any atom is 0.522 e. The highest BCUT2D eigenvalue weighted by molar-refractivity contribution is 7.88. The molecule has 31 heavy (non-hydrogen) atoms. The summed E-state index contributed by atoms with van der Waals surface area (Å²) in [7, 11) is -9.03. The predicted octanol–water partition coefficient (Wildman–Crippen LogP) is 6.76. The normalized spacial score (nSPS) is 17.5. The van der Waals surface area contributed by atoms with Gasteiger partial charge in [-0.1, -0.05) is 74.9 Å². The third-order valence-electron chi connectivity index (χ3n) is 5.64. The molecule has 2 aromatic rings. The Labute approximate surface area is 183 Å². The summed E-state index contributed by atoms with van der Waals surface area (Å²) in [6, 6.07) is 13.9. The molecular weight excluding hydrogens is 441 g/mol. The molecule has 3 nitrogen and oxygen atoms in total. The molecule has 0 fully saturated rings.